The first-order valence-corrected chi connectivity index (χ1v) is 10.7. The van der Waals surface area contributed by atoms with Gasteiger partial charge in [0, 0.05) is 43.2 Å². The van der Waals surface area contributed by atoms with Crippen LogP contribution >= 0.6 is 11.3 Å². The number of hydrogen-bond acceptors (Lipinski definition) is 5. The van der Waals surface area contributed by atoms with Crippen LogP contribution in [0.4, 0.5) is 5.69 Å². The molecule has 1 saturated heterocycles. The molecule has 0 atom stereocenters. The van der Waals surface area contributed by atoms with E-state index in [2.05, 4.69) is 5.32 Å². The Balaban J connectivity index is 1.58. The Morgan fingerprint density at radius 2 is 2.03 bits per heavy atom. The number of carbonyl (C=O) groups is 2. The number of aromatic nitrogens is 1. The summed E-state index contributed by atoms with van der Waals surface area (Å²) < 4.78 is 5.24. The zero-order chi connectivity index (χ0) is 20.9. The number of thiazole rings is 1. The highest BCUT2D eigenvalue weighted by molar-refractivity contribution is 7.14. The molecule has 1 N–H and O–H groups in total. The van der Waals surface area contributed by atoms with E-state index in [0.29, 0.717) is 41.4 Å². The third kappa shape index (κ3) is 4.52. The van der Waals surface area contributed by atoms with Gasteiger partial charge in [-0.1, -0.05) is 36.4 Å². The van der Waals surface area contributed by atoms with Crippen molar-refractivity contribution in [1.82, 2.24) is 9.88 Å². The van der Waals surface area contributed by atoms with Gasteiger partial charge in [0.1, 0.15) is 10.6 Å². The lowest BCUT2D eigenvalue weighted by molar-refractivity contribution is -0.127. The van der Waals surface area contributed by atoms with Gasteiger partial charge >= 0.3 is 0 Å². The molecule has 0 bridgehead atoms. The second kappa shape index (κ2) is 9.09. The fourth-order valence-electron chi connectivity index (χ4n) is 3.48. The lowest BCUT2D eigenvalue weighted by Crippen LogP contribution is -2.26. The van der Waals surface area contributed by atoms with E-state index in [1.54, 1.807) is 13.2 Å². The monoisotopic (exact) mass is 421 g/mol. The molecule has 0 unspecified atom stereocenters. The highest BCUT2D eigenvalue weighted by Gasteiger charge is 2.23. The van der Waals surface area contributed by atoms with Crippen LogP contribution in [0.5, 0.6) is 5.75 Å². The molecule has 0 spiro atoms. The Kier molecular flexibility index (Phi) is 6.09. The fraction of sp³-hybridized carbons (Fsp3) is 0.261. The van der Waals surface area contributed by atoms with Crippen LogP contribution in [0.3, 0.4) is 0 Å². The number of carbonyl (C=O) groups excluding carboxylic acids is 2. The predicted octanol–water partition coefficient (Wildman–Crippen LogP) is 4.24. The first-order valence-electron chi connectivity index (χ1n) is 9.92. The van der Waals surface area contributed by atoms with Gasteiger partial charge in [-0.2, -0.15) is 0 Å². The van der Waals surface area contributed by atoms with Crippen molar-refractivity contribution < 1.29 is 14.3 Å². The minimum atomic E-state index is -0.205. The van der Waals surface area contributed by atoms with Crippen LogP contribution in [0.15, 0.2) is 54.6 Å². The standard InChI is InChI=1S/C23H23N3O3S/c1-29-18-10-5-9-17(15-18)24-23(28)22-21(16-7-3-2-4-8-16)25-19(30-22)12-14-26-13-6-11-20(26)27/h2-5,7-10,15H,6,11-14H2,1H3,(H,24,28). The number of amides is 2. The molecule has 1 fully saturated rings. The third-order valence-electron chi connectivity index (χ3n) is 5.02. The van der Waals surface area contributed by atoms with Gasteiger partial charge in [0.2, 0.25) is 5.91 Å². The van der Waals surface area contributed by atoms with Crippen LogP contribution < -0.4 is 10.1 Å². The maximum atomic E-state index is 13.1. The molecule has 1 aliphatic heterocycles. The highest BCUT2D eigenvalue weighted by atomic mass is 32.1. The quantitative estimate of drug-likeness (QED) is 0.620. The Morgan fingerprint density at radius 1 is 1.20 bits per heavy atom. The first-order chi connectivity index (χ1) is 14.6. The molecule has 1 aromatic heterocycles. The summed E-state index contributed by atoms with van der Waals surface area (Å²) in [6.07, 6.45) is 2.18. The van der Waals surface area contributed by atoms with Gasteiger partial charge in [-0.15, -0.1) is 11.3 Å². The number of hydrogen-bond donors (Lipinski definition) is 1. The van der Waals surface area contributed by atoms with Gasteiger partial charge in [0.15, 0.2) is 0 Å². The zero-order valence-electron chi connectivity index (χ0n) is 16.8. The zero-order valence-corrected chi connectivity index (χ0v) is 17.6. The molecule has 30 heavy (non-hydrogen) atoms. The second-order valence-electron chi connectivity index (χ2n) is 7.07. The van der Waals surface area contributed by atoms with Gasteiger partial charge < -0.3 is 15.0 Å². The maximum absolute atomic E-state index is 13.1. The summed E-state index contributed by atoms with van der Waals surface area (Å²) in [6, 6.07) is 17.0. The number of anilines is 1. The van der Waals surface area contributed by atoms with Crippen LogP contribution in [0.25, 0.3) is 11.3 Å². The van der Waals surface area contributed by atoms with Crippen molar-refractivity contribution in [2.45, 2.75) is 19.3 Å². The normalized spacial score (nSPS) is 13.5. The van der Waals surface area contributed by atoms with E-state index in [1.807, 2.05) is 53.4 Å². The Hall–Kier alpha value is -3.19. The molecule has 0 radical (unpaired) electrons. The van der Waals surface area contributed by atoms with Gasteiger partial charge in [-0.3, -0.25) is 9.59 Å². The second-order valence-corrected chi connectivity index (χ2v) is 8.16. The lowest BCUT2D eigenvalue weighted by atomic mass is 10.1. The molecule has 154 valence electrons. The van der Waals surface area contributed by atoms with Crippen molar-refractivity contribution in [3.05, 3.63) is 64.5 Å². The van der Waals surface area contributed by atoms with Crippen LogP contribution in [0.1, 0.15) is 27.5 Å². The van der Waals surface area contributed by atoms with E-state index in [-0.39, 0.29) is 11.8 Å². The average Bonchev–Trinajstić information content (AvgIpc) is 3.39. The first kappa shape index (κ1) is 20.1. The molecule has 2 amide bonds. The molecule has 4 rings (SSSR count). The van der Waals surface area contributed by atoms with Gasteiger partial charge in [-0.25, -0.2) is 4.98 Å². The van der Waals surface area contributed by atoms with Crippen molar-refractivity contribution in [2.24, 2.45) is 0 Å². The summed E-state index contributed by atoms with van der Waals surface area (Å²) in [6.45, 7) is 1.44. The van der Waals surface area contributed by atoms with Crippen LogP contribution in [0.2, 0.25) is 0 Å². The van der Waals surface area contributed by atoms with Crippen LogP contribution in [0, 0.1) is 0 Å². The summed E-state index contributed by atoms with van der Waals surface area (Å²) in [5.74, 6) is 0.672. The highest BCUT2D eigenvalue weighted by Crippen LogP contribution is 2.30. The molecule has 2 aromatic carbocycles. The van der Waals surface area contributed by atoms with E-state index >= 15 is 0 Å². The summed E-state index contributed by atoms with van der Waals surface area (Å²) in [5.41, 5.74) is 2.23. The van der Waals surface area contributed by atoms with Crippen molar-refractivity contribution >= 4 is 28.8 Å². The SMILES string of the molecule is COc1cccc(NC(=O)c2sc(CCN3CCCC3=O)nc2-c2ccccc2)c1. The number of rotatable bonds is 7. The molecule has 6 nitrogen and oxygen atoms in total. The van der Waals surface area contributed by atoms with Crippen molar-refractivity contribution in [1.29, 1.82) is 0 Å². The molecule has 0 aliphatic carbocycles. The minimum absolute atomic E-state index is 0.200. The summed E-state index contributed by atoms with van der Waals surface area (Å²) in [5, 5.41) is 3.80. The Bertz CT molecular complexity index is 1050. The summed E-state index contributed by atoms with van der Waals surface area (Å²) in [4.78, 5) is 32.2. The van der Waals surface area contributed by atoms with Crippen molar-refractivity contribution in [3.8, 4) is 17.0 Å². The fourth-order valence-corrected chi connectivity index (χ4v) is 4.45. The van der Waals surface area contributed by atoms with Crippen LogP contribution in [-0.4, -0.2) is 41.9 Å². The number of likely N-dealkylation sites (tertiary alicyclic amines) is 1. The Morgan fingerprint density at radius 3 is 2.77 bits per heavy atom. The lowest BCUT2D eigenvalue weighted by Gasteiger charge is -2.13. The van der Waals surface area contributed by atoms with E-state index < -0.39 is 0 Å². The molecular weight excluding hydrogens is 398 g/mol. The summed E-state index contributed by atoms with van der Waals surface area (Å²) in [7, 11) is 1.59. The molecule has 0 saturated carbocycles. The van der Waals surface area contributed by atoms with Gasteiger partial charge in [-0.05, 0) is 18.6 Å². The molecule has 2 heterocycles. The smallest absolute Gasteiger partial charge is 0.268 e. The predicted molar refractivity (Wildman–Crippen MR) is 118 cm³/mol. The van der Waals surface area contributed by atoms with E-state index in [0.717, 1.165) is 23.5 Å². The Labute approximate surface area is 179 Å². The third-order valence-corrected chi connectivity index (χ3v) is 6.13. The molecular formula is C23H23N3O3S. The topological polar surface area (TPSA) is 71.5 Å². The van der Waals surface area contributed by atoms with Gasteiger partial charge in [0.25, 0.3) is 5.91 Å². The average molecular weight is 422 g/mol. The van der Waals surface area contributed by atoms with Gasteiger partial charge in [0.05, 0.1) is 17.8 Å². The minimum Gasteiger partial charge on any atom is -0.497 e. The van der Waals surface area contributed by atoms with E-state index in [9.17, 15) is 9.59 Å². The number of nitrogens with one attached hydrogen (secondary N) is 1. The number of ether oxygens (including phenoxy) is 1. The van der Waals surface area contributed by atoms with Crippen molar-refractivity contribution in [3.63, 3.8) is 0 Å². The largest absolute Gasteiger partial charge is 0.497 e. The number of benzene rings is 2. The summed E-state index contributed by atoms with van der Waals surface area (Å²) >= 11 is 1.38. The van der Waals surface area contributed by atoms with Crippen LogP contribution in [-0.2, 0) is 11.2 Å². The van der Waals surface area contributed by atoms with E-state index in [4.69, 9.17) is 9.72 Å². The maximum Gasteiger partial charge on any atom is 0.268 e. The number of methoxy groups -OCH3 is 1. The van der Waals surface area contributed by atoms with Crippen molar-refractivity contribution in [2.75, 3.05) is 25.5 Å². The molecule has 1 aliphatic rings. The van der Waals surface area contributed by atoms with E-state index in [1.165, 1.54) is 11.3 Å². The molecule has 3 aromatic rings. The molecule has 7 heteroatoms. The number of nitrogens with zero attached hydrogens (tertiary/aromatic N) is 2.